The fraction of sp³-hybridized carbons (Fsp3) is 0.457. The van der Waals surface area contributed by atoms with Gasteiger partial charge in [-0.05, 0) is 62.7 Å². The second kappa shape index (κ2) is 10.1. The Hall–Kier alpha value is -4.34. The van der Waals surface area contributed by atoms with E-state index in [1.165, 1.54) is 0 Å². The zero-order valence-corrected chi connectivity index (χ0v) is 25.9. The topological polar surface area (TPSA) is 102 Å². The molecule has 9 rings (SSSR count). The number of pyridine rings is 1. The number of halogens is 3. The number of benzene rings is 2. The molecule has 4 fully saturated rings. The van der Waals surface area contributed by atoms with Crippen molar-refractivity contribution in [1.82, 2.24) is 25.2 Å². The average molecular weight is 642 g/mol. The lowest BCUT2D eigenvalue weighted by Crippen LogP contribution is -2.62. The van der Waals surface area contributed by atoms with Crippen molar-refractivity contribution in [1.29, 1.82) is 0 Å². The Balaban J connectivity index is 1.25. The number of piperazine rings is 1. The second-order valence-corrected chi connectivity index (χ2v) is 13.8. The van der Waals surface area contributed by atoms with Crippen molar-refractivity contribution in [3.63, 3.8) is 0 Å². The van der Waals surface area contributed by atoms with Gasteiger partial charge in [-0.2, -0.15) is 9.97 Å². The molecule has 5 atom stereocenters. The third-order valence-corrected chi connectivity index (χ3v) is 10.9. The van der Waals surface area contributed by atoms with Crippen LogP contribution in [0.1, 0.15) is 44.6 Å². The maximum Gasteiger partial charge on any atom is 0.319 e. The molecule has 47 heavy (non-hydrogen) atoms. The molecule has 12 heteroatoms. The van der Waals surface area contributed by atoms with Crippen LogP contribution in [-0.4, -0.2) is 81.8 Å². The summed E-state index contributed by atoms with van der Waals surface area (Å²) >= 11 is 0. The fourth-order valence-electron chi connectivity index (χ4n) is 8.96. The van der Waals surface area contributed by atoms with Crippen LogP contribution in [0.15, 0.2) is 30.3 Å². The number of nitrogens with two attached hydrogens (primary N) is 1. The molecular formula is C35H34F3N7O2. The summed E-state index contributed by atoms with van der Waals surface area (Å²) in [5.74, 6) is -0.0971. The maximum absolute atomic E-state index is 17.1. The quantitative estimate of drug-likeness (QED) is 0.238. The predicted molar refractivity (Wildman–Crippen MR) is 172 cm³/mol. The summed E-state index contributed by atoms with van der Waals surface area (Å²) < 4.78 is 59.1. The minimum atomic E-state index is -2.79. The van der Waals surface area contributed by atoms with E-state index in [1.54, 1.807) is 18.2 Å². The van der Waals surface area contributed by atoms with Gasteiger partial charge in [0.25, 0.3) is 5.92 Å². The SMILES string of the molecule is C#Cc1cccc2cc(N)cc(-c3nc4c5c(nc(OC[C@@]67CCCN6CC(F)(F)C7)nc5c3F)N3C[C@H]5CC[C@H](N5)[C@H]3[C@H](C)O4)c12. The summed E-state index contributed by atoms with van der Waals surface area (Å²) in [6.45, 7) is 2.91. The van der Waals surface area contributed by atoms with Crippen molar-refractivity contribution in [3.8, 4) is 35.5 Å². The molecule has 9 nitrogen and oxygen atoms in total. The van der Waals surface area contributed by atoms with Gasteiger partial charge in [0, 0.05) is 47.2 Å². The lowest BCUT2D eigenvalue weighted by Gasteiger charge is -2.42. The normalized spacial score (nSPS) is 29.0. The number of rotatable bonds is 4. The first kappa shape index (κ1) is 28.8. The van der Waals surface area contributed by atoms with Gasteiger partial charge < -0.3 is 25.4 Å². The smallest absolute Gasteiger partial charge is 0.319 e. The second-order valence-electron chi connectivity index (χ2n) is 13.8. The molecule has 2 aromatic carbocycles. The van der Waals surface area contributed by atoms with E-state index >= 15 is 4.39 Å². The predicted octanol–water partition coefficient (Wildman–Crippen LogP) is 4.89. The van der Waals surface area contributed by atoms with Crippen LogP contribution in [0.3, 0.4) is 0 Å². The van der Waals surface area contributed by atoms with E-state index in [0.717, 1.165) is 24.6 Å². The molecule has 0 radical (unpaired) electrons. The highest BCUT2D eigenvalue weighted by Gasteiger charge is 2.57. The first-order valence-corrected chi connectivity index (χ1v) is 16.3. The number of alkyl halides is 2. The number of hydrogen-bond donors (Lipinski definition) is 2. The van der Waals surface area contributed by atoms with E-state index in [9.17, 15) is 8.78 Å². The van der Waals surface area contributed by atoms with Gasteiger partial charge in [0.15, 0.2) is 5.82 Å². The zero-order valence-electron chi connectivity index (χ0n) is 25.9. The van der Waals surface area contributed by atoms with Gasteiger partial charge in [-0.25, -0.2) is 18.2 Å². The Morgan fingerprint density at radius 2 is 2.06 bits per heavy atom. The number of ether oxygens (including phenoxy) is 2. The van der Waals surface area contributed by atoms with E-state index in [4.69, 9.17) is 31.6 Å². The number of hydrogen-bond acceptors (Lipinski definition) is 9. The number of fused-ring (bicyclic) bond motifs is 7. The molecule has 3 N–H and O–H groups in total. The number of terminal acetylenes is 1. The Morgan fingerprint density at radius 3 is 2.91 bits per heavy atom. The van der Waals surface area contributed by atoms with E-state index in [1.807, 2.05) is 24.0 Å². The highest BCUT2D eigenvalue weighted by atomic mass is 19.3. The summed E-state index contributed by atoms with van der Waals surface area (Å²) in [5.41, 5.74) is 6.88. The highest BCUT2D eigenvalue weighted by molar-refractivity contribution is 6.04. The lowest BCUT2D eigenvalue weighted by atomic mass is 9.94. The number of aromatic nitrogens is 3. The summed E-state index contributed by atoms with van der Waals surface area (Å²) in [6.07, 6.45) is 8.64. The first-order valence-electron chi connectivity index (χ1n) is 16.3. The third-order valence-electron chi connectivity index (χ3n) is 10.9. The molecular weight excluding hydrogens is 607 g/mol. The Labute approximate surface area is 269 Å². The van der Waals surface area contributed by atoms with Crippen molar-refractivity contribution in [2.75, 3.05) is 36.9 Å². The van der Waals surface area contributed by atoms with Crippen molar-refractivity contribution >= 4 is 33.2 Å². The van der Waals surface area contributed by atoms with Gasteiger partial charge in [0.1, 0.15) is 35.1 Å². The summed E-state index contributed by atoms with van der Waals surface area (Å²) in [4.78, 5) is 18.3. The Kier molecular flexibility index (Phi) is 6.19. The molecule has 2 aromatic heterocycles. The van der Waals surface area contributed by atoms with Crippen LogP contribution in [0, 0.1) is 18.2 Å². The van der Waals surface area contributed by atoms with Crippen LogP contribution in [0.2, 0.25) is 0 Å². The van der Waals surface area contributed by atoms with Gasteiger partial charge in [-0.15, -0.1) is 6.42 Å². The van der Waals surface area contributed by atoms with Crippen LogP contribution < -0.4 is 25.4 Å². The summed E-state index contributed by atoms with van der Waals surface area (Å²) in [7, 11) is 0. The van der Waals surface area contributed by atoms with Crippen molar-refractivity contribution in [3.05, 3.63) is 41.7 Å². The minimum Gasteiger partial charge on any atom is -0.472 e. The molecule has 7 heterocycles. The lowest BCUT2D eigenvalue weighted by molar-refractivity contribution is 0.00803. The van der Waals surface area contributed by atoms with Gasteiger partial charge in [0.05, 0.1) is 18.1 Å². The molecule has 0 amide bonds. The van der Waals surface area contributed by atoms with Crippen LogP contribution in [0.4, 0.5) is 24.7 Å². The molecule has 0 unspecified atom stereocenters. The molecule has 4 saturated heterocycles. The molecule has 0 aliphatic carbocycles. The maximum atomic E-state index is 17.1. The number of nitrogens with one attached hydrogen (secondary N) is 1. The minimum absolute atomic E-state index is 0.00851. The Bertz CT molecular complexity index is 2020. The van der Waals surface area contributed by atoms with Gasteiger partial charge in [-0.3, -0.25) is 4.90 Å². The van der Waals surface area contributed by atoms with Crippen molar-refractivity contribution in [2.24, 2.45) is 0 Å². The molecule has 4 aromatic rings. The van der Waals surface area contributed by atoms with E-state index in [-0.39, 0.29) is 66.9 Å². The van der Waals surface area contributed by atoms with Gasteiger partial charge >= 0.3 is 6.01 Å². The van der Waals surface area contributed by atoms with Crippen molar-refractivity contribution in [2.45, 2.75) is 74.7 Å². The van der Waals surface area contributed by atoms with Crippen LogP contribution >= 0.6 is 0 Å². The van der Waals surface area contributed by atoms with Crippen LogP contribution in [-0.2, 0) is 0 Å². The van der Waals surface area contributed by atoms with E-state index < -0.39 is 17.3 Å². The molecule has 0 spiro atoms. The first-order chi connectivity index (χ1) is 22.6. The number of nitrogens with zero attached hydrogens (tertiary/aromatic N) is 5. The van der Waals surface area contributed by atoms with Crippen LogP contribution in [0.25, 0.3) is 32.9 Å². The van der Waals surface area contributed by atoms with Gasteiger partial charge in [-0.1, -0.05) is 18.1 Å². The van der Waals surface area contributed by atoms with E-state index in [0.29, 0.717) is 52.9 Å². The molecule has 5 aliphatic heterocycles. The van der Waals surface area contributed by atoms with Gasteiger partial charge in [0.2, 0.25) is 5.88 Å². The standard InChI is InChI=1S/C35H34F3N7O2/c1-3-19-6-4-7-20-12-21(39)13-23(25(19)20)28-27(36)29-26-31(45-14-22-8-9-24(40-22)30(45)18(2)47-32(26)41-28)43-33(42-29)46-17-34-10-5-11-44(34)16-35(37,38)15-34/h1,4,6-7,12-13,18,22,24,30,40H,5,8-11,14-17,39H2,2H3/t18-,22+,24-,30+,34-/m0/s1. The van der Waals surface area contributed by atoms with Crippen molar-refractivity contribution < 1.29 is 22.6 Å². The molecule has 5 aliphatic rings. The highest BCUT2D eigenvalue weighted by Crippen LogP contribution is 2.48. The average Bonchev–Trinajstić information content (AvgIpc) is 3.66. The summed E-state index contributed by atoms with van der Waals surface area (Å²) in [6, 6.07) is 9.14. The molecule has 2 bridgehead atoms. The number of nitrogen functional groups attached to an aromatic ring is 1. The monoisotopic (exact) mass is 641 g/mol. The molecule has 0 saturated carbocycles. The third kappa shape index (κ3) is 4.36. The zero-order chi connectivity index (χ0) is 32.2. The fourth-order valence-corrected chi connectivity index (χ4v) is 8.96. The molecule has 242 valence electrons. The largest absolute Gasteiger partial charge is 0.472 e. The summed E-state index contributed by atoms with van der Waals surface area (Å²) in [5, 5.41) is 5.44. The Morgan fingerprint density at radius 1 is 1.19 bits per heavy atom. The van der Waals surface area contributed by atoms with E-state index in [2.05, 4.69) is 21.1 Å². The van der Waals surface area contributed by atoms with Crippen LogP contribution in [0.5, 0.6) is 11.9 Å². The number of anilines is 2.